The molecule has 6 nitrogen and oxygen atoms in total. The van der Waals surface area contributed by atoms with Crippen LogP contribution < -0.4 is 4.74 Å². The van der Waals surface area contributed by atoms with E-state index in [1.54, 1.807) is 24.4 Å². The maximum Gasteiger partial charge on any atom is 0.175 e. The topological polar surface area (TPSA) is 92.3 Å². The van der Waals surface area contributed by atoms with Gasteiger partial charge in [0.2, 0.25) is 0 Å². The summed E-state index contributed by atoms with van der Waals surface area (Å²) < 4.78 is 28.5. The molecule has 0 aliphatic rings. The second kappa shape index (κ2) is 4.78. The number of hydrogen-bond acceptors (Lipinski definition) is 5. The third-order valence-corrected chi connectivity index (χ3v) is 4.11. The van der Waals surface area contributed by atoms with E-state index in [4.69, 9.17) is 4.74 Å². The Morgan fingerprint density at radius 2 is 1.90 bits per heavy atom. The lowest BCUT2D eigenvalue weighted by molar-refractivity contribution is 0.458. The molecule has 0 aliphatic carbocycles. The Labute approximate surface area is 120 Å². The first-order chi connectivity index (χ1) is 9.93. The number of phenols is 1. The van der Waals surface area contributed by atoms with Gasteiger partial charge in [-0.15, -0.1) is 0 Å². The van der Waals surface area contributed by atoms with Crippen molar-refractivity contribution in [2.45, 2.75) is 4.90 Å². The number of aromatic nitrogens is 2. The molecule has 0 aliphatic heterocycles. The number of H-pyrrole nitrogens is 1. The normalized spacial score (nSPS) is 11.7. The fourth-order valence-electron chi connectivity index (χ4n) is 1.97. The summed E-state index contributed by atoms with van der Waals surface area (Å²) in [5.74, 6) is 0.935. The molecule has 21 heavy (non-hydrogen) atoms. The van der Waals surface area contributed by atoms with Gasteiger partial charge in [-0.3, -0.25) is 5.10 Å². The van der Waals surface area contributed by atoms with E-state index < -0.39 is 9.84 Å². The molecule has 0 saturated carbocycles. The Balaban J connectivity index is 1.97. The summed E-state index contributed by atoms with van der Waals surface area (Å²) in [4.78, 5) is 0.220. The highest BCUT2D eigenvalue weighted by atomic mass is 32.2. The fraction of sp³-hybridized carbons (Fsp3) is 0.0714. The number of benzene rings is 2. The molecule has 3 aromatic rings. The summed E-state index contributed by atoms with van der Waals surface area (Å²) in [5.41, 5.74) is 0.653. The number of ether oxygens (including phenoxy) is 1. The Hall–Kier alpha value is -2.54. The average Bonchev–Trinajstić information content (AvgIpc) is 2.86. The van der Waals surface area contributed by atoms with Gasteiger partial charge in [0, 0.05) is 17.7 Å². The van der Waals surface area contributed by atoms with E-state index >= 15 is 0 Å². The summed E-state index contributed by atoms with van der Waals surface area (Å²) in [6.45, 7) is 0. The van der Waals surface area contributed by atoms with Crippen LogP contribution in [0, 0.1) is 0 Å². The standard InChI is InChI=1S/C14H12N2O4S/c1-21(18,19)12-4-2-11(3-5-12)20-13-7-10(17)6-9-8-15-16-14(9)13/h2-8,17H,1H3,(H,15,16). The monoisotopic (exact) mass is 304 g/mol. The number of nitrogens with one attached hydrogen (secondary N) is 1. The molecule has 0 bridgehead atoms. The van der Waals surface area contributed by atoms with Crippen molar-refractivity contribution in [3.05, 3.63) is 42.6 Å². The molecular weight excluding hydrogens is 292 g/mol. The van der Waals surface area contributed by atoms with Gasteiger partial charge < -0.3 is 9.84 Å². The van der Waals surface area contributed by atoms with E-state index in [2.05, 4.69) is 10.2 Å². The van der Waals surface area contributed by atoms with Crippen LogP contribution in [0.25, 0.3) is 10.9 Å². The zero-order valence-corrected chi connectivity index (χ0v) is 11.9. The van der Waals surface area contributed by atoms with E-state index in [9.17, 15) is 13.5 Å². The zero-order chi connectivity index (χ0) is 15.0. The second-order valence-corrected chi connectivity index (χ2v) is 6.64. The van der Waals surface area contributed by atoms with Crippen molar-refractivity contribution in [3.63, 3.8) is 0 Å². The lowest BCUT2D eigenvalue weighted by Crippen LogP contribution is -1.96. The first-order valence-electron chi connectivity index (χ1n) is 6.07. The zero-order valence-electron chi connectivity index (χ0n) is 11.1. The Kier molecular flexibility index (Phi) is 3.06. The van der Waals surface area contributed by atoms with Gasteiger partial charge in [0.1, 0.15) is 17.0 Å². The predicted molar refractivity (Wildman–Crippen MR) is 77.4 cm³/mol. The highest BCUT2D eigenvalue weighted by Gasteiger charge is 2.10. The molecule has 108 valence electrons. The molecule has 3 rings (SSSR count). The van der Waals surface area contributed by atoms with E-state index in [1.165, 1.54) is 18.2 Å². The number of rotatable bonds is 3. The number of aromatic amines is 1. The number of hydrogen-bond donors (Lipinski definition) is 2. The molecule has 2 N–H and O–H groups in total. The Bertz CT molecular complexity index is 898. The van der Waals surface area contributed by atoms with Crippen LogP contribution in [-0.2, 0) is 9.84 Å². The van der Waals surface area contributed by atoms with Crippen molar-refractivity contribution in [3.8, 4) is 17.2 Å². The summed E-state index contributed by atoms with van der Waals surface area (Å²) >= 11 is 0. The first-order valence-corrected chi connectivity index (χ1v) is 7.97. The van der Waals surface area contributed by atoms with Crippen LogP contribution in [0.4, 0.5) is 0 Å². The molecule has 0 fully saturated rings. The summed E-state index contributed by atoms with van der Waals surface area (Å²) in [6, 6.07) is 9.09. The maximum atomic E-state index is 11.4. The SMILES string of the molecule is CS(=O)(=O)c1ccc(Oc2cc(O)cc3cn[nH]c23)cc1. The van der Waals surface area contributed by atoms with Crippen LogP contribution in [-0.4, -0.2) is 30.0 Å². The Morgan fingerprint density at radius 3 is 2.57 bits per heavy atom. The van der Waals surface area contributed by atoms with Crippen molar-refractivity contribution in [1.82, 2.24) is 10.2 Å². The second-order valence-electron chi connectivity index (χ2n) is 4.62. The number of fused-ring (bicyclic) bond motifs is 1. The summed E-state index contributed by atoms with van der Waals surface area (Å²) in [5, 5.41) is 17.1. The molecule has 2 aromatic carbocycles. The largest absolute Gasteiger partial charge is 0.508 e. The van der Waals surface area contributed by atoms with Gasteiger partial charge >= 0.3 is 0 Å². The van der Waals surface area contributed by atoms with Crippen LogP contribution in [0.15, 0.2) is 47.5 Å². The fourth-order valence-corrected chi connectivity index (χ4v) is 2.60. The van der Waals surface area contributed by atoms with Crippen LogP contribution in [0.3, 0.4) is 0 Å². The van der Waals surface area contributed by atoms with Gasteiger partial charge in [-0.25, -0.2) is 8.42 Å². The number of sulfone groups is 1. The quantitative estimate of drug-likeness (QED) is 0.775. The summed E-state index contributed by atoms with van der Waals surface area (Å²) in [7, 11) is -3.24. The smallest absolute Gasteiger partial charge is 0.175 e. The lowest BCUT2D eigenvalue weighted by Gasteiger charge is -2.08. The lowest BCUT2D eigenvalue weighted by atomic mass is 10.2. The molecule has 0 spiro atoms. The van der Waals surface area contributed by atoms with Gasteiger partial charge in [-0.1, -0.05) is 0 Å². The minimum atomic E-state index is -3.24. The third-order valence-electron chi connectivity index (χ3n) is 2.98. The number of nitrogens with zero attached hydrogens (tertiary/aromatic N) is 1. The molecule has 0 unspecified atom stereocenters. The number of aromatic hydroxyl groups is 1. The van der Waals surface area contributed by atoms with Crippen molar-refractivity contribution < 1.29 is 18.3 Å². The van der Waals surface area contributed by atoms with Crippen LogP contribution >= 0.6 is 0 Å². The highest BCUT2D eigenvalue weighted by molar-refractivity contribution is 7.90. The molecule has 0 saturated heterocycles. The molecular formula is C14H12N2O4S. The van der Waals surface area contributed by atoms with Crippen LogP contribution in [0.5, 0.6) is 17.2 Å². The minimum absolute atomic E-state index is 0.0617. The van der Waals surface area contributed by atoms with Gasteiger partial charge in [-0.2, -0.15) is 5.10 Å². The van der Waals surface area contributed by atoms with Crippen LogP contribution in [0.2, 0.25) is 0 Å². The minimum Gasteiger partial charge on any atom is -0.508 e. The maximum absolute atomic E-state index is 11.4. The molecule has 1 heterocycles. The van der Waals surface area contributed by atoms with E-state index in [0.29, 0.717) is 17.0 Å². The van der Waals surface area contributed by atoms with E-state index in [1.807, 2.05) is 0 Å². The molecule has 1 aromatic heterocycles. The van der Waals surface area contributed by atoms with Crippen molar-refractivity contribution in [2.24, 2.45) is 0 Å². The van der Waals surface area contributed by atoms with Crippen molar-refractivity contribution in [1.29, 1.82) is 0 Å². The van der Waals surface area contributed by atoms with E-state index in [-0.39, 0.29) is 10.6 Å². The highest BCUT2D eigenvalue weighted by Crippen LogP contribution is 2.32. The van der Waals surface area contributed by atoms with Crippen molar-refractivity contribution in [2.75, 3.05) is 6.26 Å². The molecule has 0 amide bonds. The average molecular weight is 304 g/mol. The van der Waals surface area contributed by atoms with Gasteiger partial charge in [-0.05, 0) is 30.3 Å². The van der Waals surface area contributed by atoms with Crippen molar-refractivity contribution >= 4 is 20.7 Å². The molecule has 7 heteroatoms. The van der Waals surface area contributed by atoms with Gasteiger partial charge in [0.25, 0.3) is 0 Å². The van der Waals surface area contributed by atoms with Crippen LogP contribution in [0.1, 0.15) is 0 Å². The molecule has 0 atom stereocenters. The summed E-state index contributed by atoms with van der Waals surface area (Å²) in [6.07, 6.45) is 2.72. The van der Waals surface area contributed by atoms with E-state index in [0.717, 1.165) is 11.6 Å². The number of phenolic OH excluding ortho intramolecular Hbond substituents is 1. The Morgan fingerprint density at radius 1 is 1.19 bits per heavy atom. The predicted octanol–water partition coefficient (Wildman–Crippen LogP) is 2.46. The van der Waals surface area contributed by atoms with Gasteiger partial charge in [0.15, 0.2) is 15.6 Å². The molecule has 0 radical (unpaired) electrons. The van der Waals surface area contributed by atoms with Gasteiger partial charge in [0.05, 0.1) is 11.1 Å². The first kappa shape index (κ1) is 13.4. The third kappa shape index (κ3) is 2.68.